The maximum atomic E-state index is 13.3. The van der Waals surface area contributed by atoms with E-state index in [9.17, 15) is 14.4 Å². The van der Waals surface area contributed by atoms with Crippen molar-refractivity contribution in [1.29, 1.82) is 0 Å². The monoisotopic (exact) mass is 711 g/mol. The molecule has 2 heterocycles. The fourth-order valence-electron chi connectivity index (χ4n) is 6.41. The highest BCUT2D eigenvalue weighted by Gasteiger charge is 2.36. The zero-order valence-corrected chi connectivity index (χ0v) is 29.4. The molecule has 46 heavy (non-hydrogen) atoms. The molecule has 250 valence electrons. The second-order valence-corrected chi connectivity index (χ2v) is 13.6. The molecule has 2 aliphatic heterocycles. The summed E-state index contributed by atoms with van der Waals surface area (Å²) in [6.45, 7) is 3.38. The lowest BCUT2D eigenvalue weighted by Gasteiger charge is -2.42. The number of rotatable bonds is 12. The summed E-state index contributed by atoms with van der Waals surface area (Å²) in [5.41, 5.74) is 1.94. The first-order chi connectivity index (χ1) is 22.0. The van der Waals surface area contributed by atoms with Crippen LogP contribution >= 0.6 is 46.4 Å². The number of carbonyl (C=O) groups excluding carboxylic acids is 3. The molecule has 1 N–H and O–H groups in total. The topological polar surface area (TPSA) is 94.6 Å². The van der Waals surface area contributed by atoms with Gasteiger partial charge in [-0.2, -0.15) is 0 Å². The summed E-state index contributed by atoms with van der Waals surface area (Å²) in [5, 5.41) is 8.66. The molecule has 4 rings (SSSR count). The fourth-order valence-corrected chi connectivity index (χ4v) is 7.24. The number of piperidine rings is 2. The van der Waals surface area contributed by atoms with Crippen molar-refractivity contribution in [2.75, 3.05) is 53.9 Å². The second-order valence-electron chi connectivity index (χ2n) is 11.9. The third-order valence-corrected chi connectivity index (χ3v) is 10.0. The second kappa shape index (κ2) is 17.0. The van der Waals surface area contributed by atoms with Crippen molar-refractivity contribution in [2.24, 2.45) is 11.1 Å². The van der Waals surface area contributed by atoms with Crippen molar-refractivity contribution in [3.8, 4) is 0 Å². The van der Waals surface area contributed by atoms with Crippen molar-refractivity contribution in [2.45, 2.75) is 50.5 Å². The fraction of sp³-hybridized carbons (Fsp3) is 0.515. The third-order valence-electron chi connectivity index (χ3n) is 8.84. The molecule has 0 spiro atoms. The van der Waals surface area contributed by atoms with Gasteiger partial charge in [-0.15, -0.1) is 0 Å². The average molecular weight is 714 g/mol. The van der Waals surface area contributed by atoms with Gasteiger partial charge in [0.05, 0.1) is 22.3 Å². The molecule has 1 unspecified atom stereocenters. The molecule has 9 nitrogen and oxygen atoms in total. The van der Waals surface area contributed by atoms with Crippen molar-refractivity contribution < 1.29 is 19.2 Å². The van der Waals surface area contributed by atoms with E-state index >= 15 is 0 Å². The normalized spacial score (nSPS) is 18.8. The summed E-state index contributed by atoms with van der Waals surface area (Å²) in [4.78, 5) is 49.7. The number of amides is 3. The van der Waals surface area contributed by atoms with E-state index < -0.39 is 0 Å². The SMILES string of the molecule is CNC(=O)CC1CCCN(C2CCN(CC[C@@H](/C(CN(C)C(=O)c3cc(Cl)cc(Cl)c3)=N/OC)c3ccc(Cl)c(Cl)c3)CC2)C1=O. The van der Waals surface area contributed by atoms with Crippen LogP contribution < -0.4 is 5.32 Å². The van der Waals surface area contributed by atoms with Gasteiger partial charge in [-0.1, -0.05) is 57.6 Å². The summed E-state index contributed by atoms with van der Waals surface area (Å²) in [5.74, 6) is -0.703. The number of carbonyl (C=O) groups is 3. The Balaban J connectivity index is 1.44. The minimum Gasteiger partial charge on any atom is -0.399 e. The van der Waals surface area contributed by atoms with Gasteiger partial charge in [0.2, 0.25) is 11.8 Å². The van der Waals surface area contributed by atoms with Gasteiger partial charge in [0, 0.05) is 73.6 Å². The number of nitrogens with one attached hydrogen (secondary N) is 1. The zero-order chi connectivity index (χ0) is 33.4. The minimum absolute atomic E-state index is 0.0904. The Morgan fingerprint density at radius 3 is 2.35 bits per heavy atom. The highest BCUT2D eigenvalue weighted by Crippen LogP contribution is 2.32. The maximum absolute atomic E-state index is 13.3. The number of halogens is 4. The summed E-state index contributed by atoms with van der Waals surface area (Å²) >= 11 is 25.0. The van der Waals surface area contributed by atoms with Gasteiger partial charge in [-0.05, 0) is 74.5 Å². The Kier molecular flexibility index (Phi) is 13.4. The first kappa shape index (κ1) is 36.3. The number of hydrogen-bond acceptors (Lipinski definition) is 6. The lowest BCUT2D eigenvalue weighted by molar-refractivity contribution is -0.144. The van der Waals surface area contributed by atoms with Crippen LogP contribution in [0.2, 0.25) is 20.1 Å². The van der Waals surface area contributed by atoms with Crippen LogP contribution in [-0.2, 0) is 14.4 Å². The molecular formula is C33H41Cl4N5O4. The van der Waals surface area contributed by atoms with Crippen LogP contribution in [0.5, 0.6) is 0 Å². The van der Waals surface area contributed by atoms with E-state index in [1.165, 1.54) is 7.11 Å². The lowest BCUT2D eigenvalue weighted by Crippen LogP contribution is -2.52. The quantitative estimate of drug-likeness (QED) is 0.204. The molecule has 0 bridgehead atoms. The molecule has 2 atom stereocenters. The predicted octanol–water partition coefficient (Wildman–Crippen LogP) is 6.39. The van der Waals surface area contributed by atoms with E-state index in [2.05, 4.69) is 15.4 Å². The molecule has 3 amide bonds. The molecular weight excluding hydrogens is 672 g/mol. The number of likely N-dealkylation sites (tertiary alicyclic amines) is 2. The van der Waals surface area contributed by atoms with Crippen LogP contribution in [-0.4, -0.2) is 98.1 Å². The van der Waals surface area contributed by atoms with Crippen molar-refractivity contribution in [1.82, 2.24) is 20.0 Å². The molecule has 2 aromatic carbocycles. The standard InChI is InChI=1S/C33H41Cl4N5O4/c1-38-31(43)18-22-5-4-11-42(33(22)45)26-8-12-41(13-9-26)14-10-27(21-6-7-28(36)29(37)17-21)30(39-46-3)20-40(2)32(44)23-15-24(34)19-25(35)16-23/h6-7,15-17,19,22,26-27H,4-5,8-14,18,20H2,1-3H3,(H,38,43)/b39-30+/t22?,27-/m1/s1. The molecule has 0 aliphatic carbocycles. The van der Waals surface area contributed by atoms with E-state index in [-0.39, 0.29) is 48.6 Å². The predicted molar refractivity (Wildman–Crippen MR) is 184 cm³/mol. The number of nitrogens with zero attached hydrogens (tertiary/aromatic N) is 4. The van der Waals surface area contributed by atoms with Gasteiger partial charge in [-0.3, -0.25) is 14.4 Å². The Morgan fingerprint density at radius 2 is 1.72 bits per heavy atom. The highest BCUT2D eigenvalue weighted by molar-refractivity contribution is 6.42. The number of oxime groups is 1. The minimum atomic E-state index is -0.256. The zero-order valence-electron chi connectivity index (χ0n) is 26.4. The highest BCUT2D eigenvalue weighted by atomic mass is 35.5. The van der Waals surface area contributed by atoms with Gasteiger partial charge in [0.1, 0.15) is 7.11 Å². The first-order valence-electron chi connectivity index (χ1n) is 15.5. The van der Waals surface area contributed by atoms with Gasteiger partial charge >= 0.3 is 0 Å². The lowest BCUT2D eigenvalue weighted by atomic mass is 9.89. The smallest absolute Gasteiger partial charge is 0.254 e. The Bertz CT molecular complexity index is 1410. The third kappa shape index (κ3) is 9.50. The van der Waals surface area contributed by atoms with Crippen LogP contribution in [0.25, 0.3) is 0 Å². The van der Waals surface area contributed by atoms with E-state index in [1.807, 2.05) is 17.0 Å². The van der Waals surface area contributed by atoms with Crippen LogP contribution in [0, 0.1) is 5.92 Å². The molecule has 0 saturated carbocycles. The summed E-state index contributed by atoms with van der Waals surface area (Å²) < 4.78 is 0. The molecule has 0 aromatic heterocycles. The van der Waals surface area contributed by atoms with E-state index in [1.54, 1.807) is 43.3 Å². The Hall–Kier alpha value is -2.56. The van der Waals surface area contributed by atoms with E-state index in [0.717, 1.165) is 57.4 Å². The summed E-state index contributed by atoms with van der Waals surface area (Å²) in [6, 6.07) is 10.4. The summed E-state index contributed by atoms with van der Waals surface area (Å²) in [7, 11) is 4.78. The first-order valence-corrected chi connectivity index (χ1v) is 17.0. The van der Waals surface area contributed by atoms with E-state index in [0.29, 0.717) is 37.8 Å². The van der Waals surface area contributed by atoms with Crippen LogP contribution in [0.3, 0.4) is 0 Å². The van der Waals surface area contributed by atoms with Crippen molar-refractivity contribution in [3.05, 3.63) is 67.6 Å². The number of hydrogen-bond donors (Lipinski definition) is 1. The largest absolute Gasteiger partial charge is 0.399 e. The van der Waals surface area contributed by atoms with Gasteiger partial charge in [-0.25, -0.2) is 0 Å². The number of benzene rings is 2. The molecule has 13 heteroatoms. The van der Waals surface area contributed by atoms with Gasteiger partial charge in [0.25, 0.3) is 5.91 Å². The Labute approximate surface area is 291 Å². The Morgan fingerprint density at radius 1 is 1.02 bits per heavy atom. The molecule has 2 aromatic rings. The van der Waals surface area contributed by atoms with Gasteiger partial charge < -0.3 is 24.9 Å². The molecule has 2 fully saturated rings. The van der Waals surface area contributed by atoms with Crippen LogP contribution in [0.1, 0.15) is 60.4 Å². The van der Waals surface area contributed by atoms with Crippen molar-refractivity contribution in [3.63, 3.8) is 0 Å². The average Bonchev–Trinajstić information content (AvgIpc) is 3.03. The molecule has 2 saturated heterocycles. The molecule has 2 aliphatic rings. The van der Waals surface area contributed by atoms with E-state index in [4.69, 9.17) is 51.2 Å². The molecule has 0 radical (unpaired) electrons. The maximum Gasteiger partial charge on any atom is 0.254 e. The van der Waals surface area contributed by atoms with Crippen LogP contribution in [0.4, 0.5) is 0 Å². The van der Waals surface area contributed by atoms with Crippen molar-refractivity contribution >= 4 is 69.8 Å². The van der Waals surface area contributed by atoms with Gasteiger partial charge in [0.15, 0.2) is 0 Å². The van der Waals surface area contributed by atoms with Crippen LogP contribution in [0.15, 0.2) is 41.6 Å². The summed E-state index contributed by atoms with van der Waals surface area (Å²) in [6.07, 6.45) is 4.35.